The predicted octanol–water partition coefficient (Wildman–Crippen LogP) is 5.40. The second kappa shape index (κ2) is 8.69. The second-order valence-corrected chi connectivity index (χ2v) is 12.2. The van der Waals surface area contributed by atoms with Crippen LogP contribution in [-0.4, -0.2) is 57.3 Å². The molecule has 0 radical (unpaired) electrons. The molecule has 3 aliphatic rings. The van der Waals surface area contributed by atoms with Gasteiger partial charge in [0.1, 0.15) is 12.3 Å². The van der Waals surface area contributed by atoms with Gasteiger partial charge in [0.15, 0.2) is 12.0 Å². The molecule has 2 aromatic heterocycles. The summed E-state index contributed by atoms with van der Waals surface area (Å²) in [5.41, 5.74) is 4.17. The monoisotopic (exact) mass is 586 g/mol. The first-order valence-electron chi connectivity index (χ1n) is 14.9. The lowest BCUT2D eigenvalue weighted by molar-refractivity contribution is -0.264. The first kappa shape index (κ1) is 25.8. The molecule has 44 heavy (non-hydrogen) atoms. The fraction of sp³-hybridized carbons (Fsp3) is 0.257. The summed E-state index contributed by atoms with van der Waals surface area (Å²) in [6.07, 6.45) is -1.73. The summed E-state index contributed by atoms with van der Waals surface area (Å²) in [5.74, 6) is -0.393. The van der Waals surface area contributed by atoms with Crippen molar-refractivity contribution >= 4 is 55.4 Å². The number of aliphatic hydroxyl groups excluding tert-OH is 1. The molecule has 6 aromatic rings. The molecule has 9 heteroatoms. The third kappa shape index (κ3) is 2.99. The van der Waals surface area contributed by atoms with Crippen molar-refractivity contribution in [3.05, 3.63) is 95.6 Å². The highest BCUT2D eigenvalue weighted by molar-refractivity contribution is 6.31. The Bertz CT molecular complexity index is 2220. The highest BCUT2D eigenvalue weighted by Crippen LogP contribution is 2.55. The van der Waals surface area contributed by atoms with Crippen molar-refractivity contribution in [2.24, 2.45) is 0 Å². The minimum atomic E-state index is -1.15. The number of carbonyl (C=O) groups excluding carboxylic acids is 2. The standard InChI is InChI=1S/C35H30N4O5/c1-35-31(43-3)23(37(2)34(42)18-11-5-4-6-12-18)17-24(44-35)38-21-15-9-7-13-19(21)25-27-28(33(41)36-32(27)40)26-20-14-8-10-16-22(20)39(35)30(26)29(25)38/h4-16,23-24,31,33,41H,17H2,1-3H3,(H,36,40)/t23-,24-,31-,33-,35+/m1/s1. The molecule has 0 saturated carbocycles. The second-order valence-electron chi connectivity index (χ2n) is 12.2. The van der Waals surface area contributed by atoms with Crippen LogP contribution in [0.3, 0.4) is 0 Å². The number of nitrogens with one attached hydrogen (secondary N) is 1. The molecule has 4 aromatic carbocycles. The van der Waals surface area contributed by atoms with Crippen molar-refractivity contribution in [2.75, 3.05) is 14.2 Å². The van der Waals surface area contributed by atoms with Crippen LogP contribution < -0.4 is 5.32 Å². The maximum Gasteiger partial charge on any atom is 0.254 e. The third-order valence-corrected chi connectivity index (χ3v) is 10.1. The number of hydrogen-bond donors (Lipinski definition) is 2. The average molecular weight is 587 g/mol. The van der Waals surface area contributed by atoms with E-state index in [0.717, 1.165) is 43.6 Å². The van der Waals surface area contributed by atoms with Crippen molar-refractivity contribution in [1.82, 2.24) is 19.4 Å². The fourth-order valence-electron chi connectivity index (χ4n) is 8.37. The van der Waals surface area contributed by atoms with Gasteiger partial charge >= 0.3 is 0 Å². The zero-order valence-electron chi connectivity index (χ0n) is 24.4. The maximum atomic E-state index is 13.9. The van der Waals surface area contributed by atoms with Crippen LogP contribution in [-0.2, 0) is 15.2 Å². The number of ether oxygens (including phenoxy) is 2. The Morgan fingerprint density at radius 2 is 1.64 bits per heavy atom. The summed E-state index contributed by atoms with van der Waals surface area (Å²) in [6.45, 7) is 2.03. The van der Waals surface area contributed by atoms with Crippen molar-refractivity contribution in [1.29, 1.82) is 0 Å². The number of amides is 2. The Balaban J connectivity index is 1.44. The molecule has 0 spiro atoms. The molecule has 3 aliphatic heterocycles. The van der Waals surface area contributed by atoms with Gasteiger partial charge in [-0.15, -0.1) is 0 Å². The average Bonchev–Trinajstić information content (AvgIpc) is 3.65. The van der Waals surface area contributed by atoms with Crippen molar-refractivity contribution in [3.8, 4) is 0 Å². The number of fused-ring (bicyclic) bond motifs is 13. The van der Waals surface area contributed by atoms with Crippen molar-refractivity contribution in [3.63, 3.8) is 0 Å². The highest BCUT2D eigenvalue weighted by atomic mass is 16.6. The van der Waals surface area contributed by atoms with Crippen molar-refractivity contribution in [2.45, 2.75) is 43.7 Å². The molecule has 1 fully saturated rings. The summed E-state index contributed by atoms with van der Waals surface area (Å²) in [7, 11) is 3.50. The van der Waals surface area contributed by atoms with E-state index in [0.29, 0.717) is 23.1 Å². The van der Waals surface area contributed by atoms with Gasteiger partial charge in [0.2, 0.25) is 0 Å². The number of para-hydroxylation sites is 2. The molecule has 220 valence electrons. The molecule has 5 atom stereocenters. The molecule has 2 N–H and O–H groups in total. The predicted molar refractivity (Wildman–Crippen MR) is 166 cm³/mol. The van der Waals surface area contributed by atoms with E-state index in [1.54, 1.807) is 12.0 Å². The van der Waals surface area contributed by atoms with Crippen LogP contribution in [0, 0.1) is 0 Å². The zero-order valence-corrected chi connectivity index (χ0v) is 24.4. The van der Waals surface area contributed by atoms with Gasteiger partial charge in [0.05, 0.1) is 33.7 Å². The Labute approximate surface area is 252 Å². The molecule has 1 saturated heterocycles. The highest BCUT2D eigenvalue weighted by Gasteiger charge is 2.55. The lowest BCUT2D eigenvalue weighted by Crippen LogP contribution is -2.61. The van der Waals surface area contributed by atoms with E-state index in [9.17, 15) is 14.7 Å². The first-order chi connectivity index (χ1) is 21.3. The normalized spacial score (nSPS) is 25.6. The van der Waals surface area contributed by atoms with Crippen LogP contribution in [0.2, 0.25) is 0 Å². The molecule has 0 aliphatic carbocycles. The van der Waals surface area contributed by atoms with E-state index in [1.807, 2.05) is 92.8 Å². The number of aliphatic hydroxyl groups is 1. The van der Waals surface area contributed by atoms with Gasteiger partial charge in [-0.25, -0.2) is 0 Å². The summed E-state index contributed by atoms with van der Waals surface area (Å²) in [5, 5.41) is 17.5. The van der Waals surface area contributed by atoms with Crippen molar-refractivity contribution < 1.29 is 24.2 Å². The molecule has 9 nitrogen and oxygen atoms in total. The zero-order chi connectivity index (χ0) is 30.1. The topological polar surface area (TPSA) is 98.0 Å². The number of carbonyl (C=O) groups is 2. The first-order valence-corrected chi connectivity index (χ1v) is 14.9. The number of nitrogens with zero attached hydrogens (tertiary/aromatic N) is 3. The molecular weight excluding hydrogens is 556 g/mol. The molecule has 2 bridgehead atoms. The Morgan fingerprint density at radius 1 is 0.977 bits per heavy atom. The Hall–Kier alpha value is -4.70. The smallest absolute Gasteiger partial charge is 0.254 e. The molecule has 5 heterocycles. The van der Waals surface area contributed by atoms with E-state index in [4.69, 9.17) is 9.47 Å². The van der Waals surface area contributed by atoms with Gasteiger partial charge in [-0.05, 0) is 31.2 Å². The Kier molecular flexibility index (Phi) is 5.09. The third-order valence-electron chi connectivity index (χ3n) is 10.1. The number of likely N-dealkylation sites (N-methyl/N-ethyl adjacent to an activating group) is 1. The van der Waals surface area contributed by atoms with Gasteiger partial charge in [-0.1, -0.05) is 54.6 Å². The molecule has 9 rings (SSSR count). The number of rotatable bonds is 3. The SMILES string of the molecule is CO[C@@H]1[C@H](N(C)C(=O)c2ccccc2)C[C@H]2O[C@]1(C)n1c3ccccc3c3c4c(c5c6ccccc6n2c5c31)C(=O)N[C@@H]4O. The minimum Gasteiger partial charge on any atom is -0.374 e. The minimum absolute atomic E-state index is 0.0961. The number of methoxy groups -OCH3 is 1. The van der Waals surface area contributed by atoms with Gasteiger partial charge in [-0.2, -0.15) is 0 Å². The summed E-state index contributed by atoms with van der Waals surface area (Å²) in [4.78, 5) is 29.3. The number of hydrogen-bond acceptors (Lipinski definition) is 5. The summed E-state index contributed by atoms with van der Waals surface area (Å²) < 4.78 is 17.9. The van der Waals surface area contributed by atoms with Crippen LogP contribution >= 0.6 is 0 Å². The van der Waals surface area contributed by atoms with Crippen LogP contribution in [0.25, 0.3) is 43.6 Å². The molecular formula is C35H30N4O5. The van der Waals surface area contributed by atoms with Crippen LogP contribution in [0.1, 0.15) is 52.1 Å². The number of benzene rings is 4. The van der Waals surface area contributed by atoms with Gasteiger partial charge in [0, 0.05) is 53.3 Å². The van der Waals surface area contributed by atoms with E-state index < -0.39 is 24.3 Å². The van der Waals surface area contributed by atoms with Crippen LogP contribution in [0.15, 0.2) is 78.9 Å². The van der Waals surface area contributed by atoms with Crippen LogP contribution in [0.5, 0.6) is 0 Å². The van der Waals surface area contributed by atoms with E-state index >= 15 is 0 Å². The molecule has 0 unspecified atom stereocenters. The quantitative estimate of drug-likeness (QED) is 0.290. The summed E-state index contributed by atoms with van der Waals surface area (Å²) in [6, 6.07) is 25.0. The van der Waals surface area contributed by atoms with Gasteiger partial charge in [0.25, 0.3) is 11.8 Å². The van der Waals surface area contributed by atoms with Gasteiger partial charge < -0.3 is 33.9 Å². The largest absolute Gasteiger partial charge is 0.374 e. The lowest BCUT2D eigenvalue weighted by atomic mass is 9.91. The number of aromatic nitrogens is 2. The van der Waals surface area contributed by atoms with E-state index in [2.05, 4.69) is 14.5 Å². The van der Waals surface area contributed by atoms with E-state index in [-0.39, 0.29) is 17.9 Å². The Morgan fingerprint density at radius 3 is 2.36 bits per heavy atom. The van der Waals surface area contributed by atoms with E-state index in [1.165, 1.54) is 0 Å². The fourth-order valence-corrected chi connectivity index (χ4v) is 8.37. The van der Waals surface area contributed by atoms with Gasteiger partial charge in [-0.3, -0.25) is 9.59 Å². The molecule has 2 amide bonds. The maximum absolute atomic E-state index is 13.9. The van der Waals surface area contributed by atoms with Crippen LogP contribution in [0.4, 0.5) is 0 Å². The summed E-state index contributed by atoms with van der Waals surface area (Å²) >= 11 is 0. The lowest BCUT2D eigenvalue weighted by Gasteiger charge is -2.50.